The van der Waals surface area contributed by atoms with Gasteiger partial charge in [0.2, 0.25) is 0 Å². The number of aromatic amines is 1. The average molecular weight is 526 g/mol. The topological polar surface area (TPSA) is 69.2 Å². The van der Waals surface area contributed by atoms with Crippen LogP contribution < -0.4 is 5.32 Å². The van der Waals surface area contributed by atoms with Gasteiger partial charge in [0.05, 0.1) is 30.7 Å². The van der Waals surface area contributed by atoms with Gasteiger partial charge < -0.3 is 15.2 Å². The van der Waals surface area contributed by atoms with Crippen molar-refractivity contribution in [2.75, 3.05) is 13.6 Å². The molecule has 2 aromatic carbocycles. The van der Waals surface area contributed by atoms with E-state index in [9.17, 15) is 0 Å². The molecule has 6 nitrogen and oxygen atoms in total. The first kappa shape index (κ1) is 22.7. The molecule has 2 heterocycles. The lowest BCUT2D eigenvalue weighted by Crippen LogP contribution is -2.38. The number of H-pyrrole nitrogens is 1. The Bertz CT molecular complexity index is 1130. The molecule has 0 radical (unpaired) electrons. The molecule has 2 aromatic heterocycles. The number of nitrogens with zero attached hydrogens (tertiary/aromatic N) is 4. The van der Waals surface area contributed by atoms with Crippen molar-refractivity contribution in [3.8, 4) is 11.3 Å². The first-order valence-corrected chi connectivity index (χ1v) is 10.2. The highest BCUT2D eigenvalue weighted by atomic mass is 127. The number of pyridine rings is 1. The quantitative estimate of drug-likeness (QED) is 0.214. The Morgan fingerprint density at radius 3 is 2.61 bits per heavy atom. The molecule has 0 aliphatic carbocycles. The van der Waals surface area contributed by atoms with Crippen LogP contribution in [0.15, 0.2) is 78.0 Å². The largest absolute Gasteiger partial charge is 0.357 e. The highest BCUT2D eigenvalue weighted by Gasteiger charge is 2.10. The lowest BCUT2D eigenvalue weighted by molar-refractivity contribution is 0.464. The minimum Gasteiger partial charge on any atom is -0.357 e. The second-order valence-electron chi connectivity index (χ2n) is 7.11. The molecular formula is C24H27IN6. The van der Waals surface area contributed by atoms with Gasteiger partial charge in [-0.1, -0.05) is 54.6 Å². The number of guanidine groups is 1. The Hall–Kier alpha value is -2.94. The van der Waals surface area contributed by atoms with Gasteiger partial charge in [0, 0.05) is 25.2 Å². The minimum absolute atomic E-state index is 0. The highest BCUT2D eigenvalue weighted by Crippen LogP contribution is 2.18. The summed E-state index contributed by atoms with van der Waals surface area (Å²) in [6.07, 6.45) is 3.72. The molecule has 0 aliphatic heterocycles. The molecule has 0 aliphatic rings. The fourth-order valence-corrected chi connectivity index (χ4v) is 3.43. The molecule has 0 saturated carbocycles. The number of imidazole rings is 1. The van der Waals surface area contributed by atoms with Gasteiger partial charge in [-0.15, -0.1) is 24.0 Å². The van der Waals surface area contributed by atoms with Crippen LogP contribution in [0.1, 0.15) is 18.4 Å². The van der Waals surface area contributed by atoms with Crippen molar-refractivity contribution in [1.29, 1.82) is 0 Å². The average Bonchev–Trinajstić information content (AvgIpc) is 3.25. The number of aromatic nitrogens is 3. The van der Waals surface area contributed by atoms with Crippen LogP contribution in [0.3, 0.4) is 0 Å². The van der Waals surface area contributed by atoms with Gasteiger partial charge in [-0.3, -0.25) is 4.98 Å². The number of hydrogen-bond acceptors (Lipinski definition) is 3. The van der Waals surface area contributed by atoms with Gasteiger partial charge in [0.1, 0.15) is 5.82 Å². The first-order chi connectivity index (χ1) is 14.7. The van der Waals surface area contributed by atoms with E-state index in [0.29, 0.717) is 13.1 Å². The Labute approximate surface area is 199 Å². The molecular weight excluding hydrogens is 499 g/mol. The molecule has 0 saturated heterocycles. The minimum atomic E-state index is 0. The van der Waals surface area contributed by atoms with Gasteiger partial charge in [0.15, 0.2) is 5.96 Å². The summed E-state index contributed by atoms with van der Waals surface area (Å²) in [6.45, 7) is 4.00. The molecule has 4 aromatic rings. The number of fused-ring (bicyclic) bond motifs is 1. The first-order valence-electron chi connectivity index (χ1n) is 10.2. The SMILES string of the molecule is CCNC(=NCc1nccc2ccccc12)N(C)Cc1ncc(-c2ccccc2)[nH]1.I. The third kappa shape index (κ3) is 5.61. The molecule has 0 atom stereocenters. The monoisotopic (exact) mass is 526 g/mol. The van der Waals surface area contributed by atoms with Crippen molar-refractivity contribution in [3.63, 3.8) is 0 Å². The maximum absolute atomic E-state index is 4.82. The highest BCUT2D eigenvalue weighted by molar-refractivity contribution is 14.0. The number of nitrogens with one attached hydrogen (secondary N) is 2. The smallest absolute Gasteiger partial charge is 0.194 e. The standard InChI is InChI=1S/C24H26N6.HI/c1-3-25-24(28-16-22-20-12-8-7-9-18(20)13-14-26-22)30(2)17-23-27-15-21(29-23)19-10-5-4-6-11-19;/h4-15H,3,16-17H2,1-2H3,(H,25,28)(H,27,29);1H. The molecule has 31 heavy (non-hydrogen) atoms. The fraction of sp³-hybridized carbons (Fsp3) is 0.208. The van der Waals surface area contributed by atoms with E-state index in [2.05, 4.69) is 56.4 Å². The van der Waals surface area contributed by atoms with Crippen molar-refractivity contribution >= 4 is 40.7 Å². The van der Waals surface area contributed by atoms with Gasteiger partial charge in [-0.25, -0.2) is 9.98 Å². The van der Waals surface area contributed by atoms with E-state index >= 15 is 0 Å². The Kier molecular flexibility index (Phi) is 8.00. The summed E-state index contributed by atoms with van der Waals surface area (Å²) in [5.41, 5.74) is 3.11. The van der Waals surface area contributed by atoms with E-state index in [-0.39, 0.29) is 24.0 Å². The summed E-state index contributed by atoms with van der Waals surface area (Å²) in [5, 5.41) is 5.69. The van der Waals surface area contributed by atoms with E-state index in [0.717, 1.165) is 40.7 Å². The number of aliphatic imine (C=N–C) groups is 1. The van der Waals surface area contributed by atoms with Crippen molar-refractivity contribution in [1.82, 2.24) is 25.2 Å². The zero-order valence-corrected chi connectivity index (χ0v) is 20.1. The predicted octanol–water partition coefficient (Wildman–Crippen LogP) is 4.84. The van der Waals surface area contributed by atoms with Crippen molar-refractivity contribution < 1.29 is 0 Å². The van der Waals surface area contributed by atoms with Gasteiger partial charge in [0.25, 0.3) is 0 Å². The van der Waals surface area contributed by atoms with Crippen LogP contribution in [0.25, 0.3) is 22.0 Å². The molecule has 0 fully saturated rings. The third-order valence-corrected chi connectivity index (χ3v) is 4.93. The van der Waals surface area contributed by atoms with E-state index in [1.807, 2.05) is 55.8 Å². The van der Waals surface area contributed by atoms with Crippen molar-refractivity contribution in [3.05, 3.63) is 84.6 Å². The number of rotatable bonds is 6. The van der Waals surface area contributed by atoms with Crippen LogP contribution >= 0.6 is 24.0 Å². The van der Waals surface area contributed by atoms with Gasteiger partial charge in [-0.05, 0) is 23.9 Å². The van der Waals surface area contributed by atoms with E-state index < -0.39 is 0 Å². The Morgan fingerprint density at radius 2 is 1.81 bits per heavy atom. The zero-order chi connectivity index (χ0) is 20.8. The molecule has 7 heteroatoms. The van der Waals surface area contributed by atoms with E-state index in [1.165, 1.54) is 5.39 Å². The molecule has 2 N–H and O–H groups in total. The number of benzene rings is 2. The summed E-state index contributed by atoms with van der Waals surface area (Å²) in [6, 6.07) is 20.5. The maximum Gasteiger partial charge on any atom is 0.194 e. The predicted molar refractivity (Wildman–Crippen MR) is 137 cm³/mol. The molecule has 0 amide bonds. The zero-order valence-electron chi connectivity index (χ0n) is 17.7. The molecule has 0 bridgehead atoms. The van der Waals surface area contributed by atoms with Gasteiger partial charge >= 0.3 is 0 Å². The molecule has 0 spiro atoms. The molecule has 160 valence electrons. The summed E-state index contributed by atoms with van der Waals surface area (Å²) < 4.78 is 0. The van der Waals surface area contributed by atoms with Crippen LogP contribution in [0.4, 0.5) is 0 Å². The van der Waals surface area contributed by atoms with E-state index in [4.69, 9.17) is 4.99 Å². The summed E-state index contributed by atoms with van der Waals surface area (Å²) >= 11 is 0. The van der Waals surface area contributed by atoms with Crippen LogP contribution in [-0.4, -0.2) is 39.4 Å². The summed E-state index contributed by atoms with van der Waals surface area (Å²) in [5.74, 6) is 1.72. The Morgan fingerprint density at radius 1 is 1.03 bits per heavy atom. The van der Waals surface area contributed by atoms with Crippen LogP contribution in [0, 0.1) is 0 Å². The fourth-order valence-electron chi connectivity index (χ4n) is 3.43. The lowest BCUT2D eigenvalue weighted by atomic mass is 10.1. The van der Waals surface area contributed by atoms with E-state index in [1.54, 1.807) is 0 Å². The normalized spacial score (nSPS) is 11.2. The van der Waals surface area contributed by atoms with Crippen LogP contribution in [0.5, 0.6) is 0 Å². The molecule has 0 unspecified atom stereocenters. The van der Waals surface area contributed by atoms with Gasteiger partial charge in [-0.2, -0.15) is 0 Å². The molecule has 4 rings (SSSR count). The maximum atomic E-state index is 4.82. The summed E-state index contributed by atoms with van der Waals surface area (Å²) in [4.78, 5) is 19.4. The second-order valence-corrected chi connectivity index (χ2v) is 7.11. The van der Waals surface area contributed by atoms with Crippen molar-refractivity contribution in [2.24, 2.45) is 4.99 Å². The number of hydrogen-bond donors (Lipinski definition) is 2. The van der Waals surface area contributed by atoms with Crippen molar-refractivity contribution in [2.45, 2.75) is 20.0 Å². The second kappa shape index (κ2) is 10.9. The number of halogens is 1. The summed E-state index contributed by atoms with van der Waals surface area (Å²) in [7, 11) is 2.02. The van der Waals surface area contributed by atoms with Crippen LogP contribution in [0.2, 0.25) is 0 Å². The lowest BCUT2D eigenvalue weighted by Gasteiger charge is -2.21. The third-order valence-electron chi connectivity index (χ3n) is 4.93. The Balaban J connectivity index is 0.00000272. The van der Waals surface area contributed by atoms with Crippen LogP contribution in [-0.2, 0) is 13.1 Å².